The SMILES string of the molecule is CN(C)C1CCCN(C(=O)[C@H]2CCCN2)C1. The maximum Gasteiger partial charge on any atom is 0.239 e. The molecule has 2 aliphatic heterocycles. The number of rotatable bonds is 2. The third-order valence-electron chi connectivity index (χ3n) is 3.80. The Morgan fingerprint density at radius 1 is 1.31 bits per heavy atom. The lowest BCUT2D eigenvalue weighted by atomic mass is 10.0. The van der Waals surface area contributed by atoms with Gasteiger partial charge in [0.1, 0.15) is 0 Å². The topological polar surface area (TPSA) is 35.6 Å². The fourth-order valence-electron chi connectivity index (χ4n) is 2.69. The van der Waals surface area contributed by atoms with Crippen LogP contribution >= 0.6 is 0 Å². The predicted octanol–water partition coefficient (Wildman–Crippen LogP) is 0.291. The highest BCUT2D eigenvalue weighted by molar-refractivity contribution is 5.82. The van der Waals surface area contributed by atoms with Crippen molar-refractivity contribution in [1.82, 2.24) is 15.1 Å². The van der Waals surface area contributed by atoms with E-state index >= 15 is 0 Å². The van der Waals surface area contributed by atoms with Gasteiger partial charge in [-0.25, -0.2) is 0 Å². The van der Waals surface area contributed by atoms with Crippen molar-refractivity contribution in [3.8, 4) is 0 Å². The Morgan fingerprint density at radius 3 is 2.75 bits per heavy atom. The molecule has 4 heteroatoms. The van der Waals surface area contributed by atoms with E-state index in [0.717, 1.165) is 38.9 Å². The molecule has 2 rings (SSSR count). The Balaban J connectivity index is 1.90. The van der Waals surface area contributed by atoms with Crippen LogP contribution in [0.4, 0.5) is 0 Å². The van der Waals surface area contributed by atoms with Crippen molar-refractivity contribution in [3.05, 3.63) is 0 Å². The van der Waals surface area contributed by atoms with E-state index in [0.29, 0.717) is 11.9 Å². The lowest BCUT2D eigenvalue weighted by Gasteiger charge is -2.37. The minimum Gasteiger partial charge on any atom is -0.340 e. The van der Waals surface area contributed by atoms with Crippen molar-refractivity contribution >= 4 is 5.91 Å². The summed E-state index contributed by atoms with van der Waals surface area (Å²) in [6, 6.07) is 0.639. The van der Waals surface area contributed by atoms with Gasteiger partial charge in [0, 0.05) is 19.1 Å². The van der Waals surface area contributed by atoms with E-state index in [1.807, 2.05) is 0 Å². The molecule has 0 aromatic heterocycles. The fraction of sp³-hybridized carbons (Fsp3) is 0.917. The largest absolute Gasteiger partial charge is 0.340 e. The molecule has 16 heavy (non-hydrogen) atoms. The molecule has 1 unspecified atom stereocenters. The fourth-order valence-corrected chi connectivity index (χ4v) is 2.69. The molecule has 1 amide bonds. The maximum absolute atomic E-state index is 12.2. The quantitative estimate of drug-likeness (QED) is 0.734. The summed E-state index contributed by atoms with van der Waals surface area (Å²) >= 11 is 0. The normalized spacial score (nSPS) is 31.1. The molecule has 0 aromatic carbocycles. The summed E-state index contributed by atoms with van der Waals surface area (Å²) in [6.45, 7) is 2.85. The number of nitrogens with zero attached hydrogens (tertiary/aromatic N) is 2. The van der Waals surface area contributed by atoms with E-state index in [2.05, 4.69) is 29.2 Å². The Labute approximate surface area is 98.0 Å². The molecular formula is C12H23N3O. The standard InChI is InChI=1S/C12H23N3O/c1-14(2)10-5-4-8-15(9-10)12(16)11-6-3-7-13-11/h10-11,13H,3-9H2,1-2H3/t10?,11-/m1/s1. The summed E-state index contributed by atoms with van der Waals surface area (Å²) in [6.07, 6.45) is 4.51. The third kappa shape index (κ3) is 2.55. The van der Waals surface area contributed by atoms with Gasteiger partial charge in [0.05, 0.1) is 6.04 Å². The minimum absolute atomic E-state index is 0.0981. The van der Waals surface area contributed by atoms with Crippen LogP contribution in [0.5, 0.6) is 0 Å². The van der Waals surface area contributed by atoms with E-state index in [9.17, 15) is 4.79 Å². The van der Waals surface area contributed by atoms with Crippen molar-refractivity contribution in [2.24, 2.45) is 0 Å². The average molecular weight is 225 g/mol. The second-order valence-electron chi connectivity index (χ2n) is 5.19. The van der Waals surface area contributed by atoms with Gasteiger partial charge in [-0.05, 0) is 46.3 Å². The molecular weight excluding hydrogens is 202 g/mol. The van der Waals surface area contributed by atoms with Gasteiger partial charge in [-0.1, -0.05) is 0 Å². The van der Waals surface area contributed by atoms with Gasteiger partial charge in [0.2, 0.25) is 5.91 Å². The van der Waals surface area contributed by atoms with Crippen molar-refractivity contribution < 1.29 is 4.79 Å². The van der Waals surface area contributed by atoms with Gasteiger partial charge in [-0.2, -0.15) is 0 Å². The second-order valence-corrected chi connectivity index (χ2v) is 5.19. The van der Waals surface area contributed by atoms with Crippen LogP contribution in [0.3, 0.4) is 0 Å². The molecule has 0 aliphatic carbocycles. The van der Waals surface area contributed by atoms with E-state index < -0.39 is 0 Å². The van der Waals surface area contributed by atoms with Gasteiger partial charge in [-0.15, -0.1) is 0 Å². The summed E-state index contributed by atoms with van der Waals surface area (Å²) in [5.74, 6) is 0.323. The molecule has 2 aliphatic rings. The molecule has 4 nitrogen and oxygen atoms in total. The van der Waals surface area contributed by atoms with Crippen LogP contribution in [-0.4, -0.2) is 61.5 Å². The maximum atomic E-state index is 12.2. The van der Waals surface area contributed by atoms with Gasteiger partial charge in [0.15, 0.2) is 0 Å². The molecule has 0 saturated carbocycles. The molecule has 2 heterocycles. The van der Waals surface area contributed by atoms with Crippen LogP contribution in [0.15, 0.2) is 0 Å². The monoisotopic (exact) mass is 225 g/mol. The number of likely N-dealkylation sites (N-methyl/N-ethyl adjacent to an activating group) is 1. The minimum atomic E-state index is 0.0981. The number of piperidine rings is 1. The number of carbonyl (C=O) groups excluding carboxylic acids is 1. The van der Waals surface area contributed by atoms with Gasteiger partial charge >= 0.3 is 0 Å². The highest BCUT2D eigenvalue weighted by atomic mass is 16.2. The first-order chi connectivity index (χ1) is 7.68. The Morgan fingerprint density at radius 2 is 2.12 bits per heavy atom. The number of amides is 1. The summed E-state index contributed by atoms with van der Waals surface area (Å²) in [4.78, 5) is 16.5. The summed E-state index contributed by atoms with van der Waals surface area (Å²) in [5, 5.41) is 3.29. The van der Waals surface area contributed by atoms with Crippen molar-refractivity contribution in [2.75, 3.05) is 33.7 Å². The molecule has 0 spiro atoms. The highest BCUT2D eigenvalue weighted by Crippen LogP contribution is 2.16. The van der Waals surface area contributed by atoms with Crippen molar-refractivity contribution in [2.45, 2.75) is 37.8 Å². The van der Waals surface area contributed by atoms with E-state index in [1.54, 1.807) is 0 Å². The molecule has 0 aromatic rings. The smallest absolute Gasteiger partial charge is 0.239 e. The molecule has 92 valence electrons. The highest BCUT2D eigenvalue weighted by Gasteiger charge is 2.30. The molecule has 2 atom stereocenters. The molecule has 0 bridgehead atoms. The van der Waals surface area contributed by atoms with Gasteiger partial charge in [0.25, 0.3) is 0 Å². The number of hydrogen-bond donors (Lipinski definition) is 1. The molecule has 0 radical (unpaired) electrons. The van der Waals surface area contributed by atoms with Crippen LogP contribution in [0, 0.1) is 0 Å². The lowest BCUT2D eigenvalue weighted by Crippen LogP contribution is -2.52. The summed E-state index contributed by atoms with van der Waals surface area (Å²) in [5.41, 5.74) is 0. The van der Waals surface area contributed by atoms with Crippen LogP contribution < -0.4 is 5.32 Å². The number of likely N-dealkylation sites (tertiary alicyclic amines) is 1. The Hall–Kier alpha value is -0.610. The van der Waals surface area contributed by atoms with Crippen molar-refractivity contribution in [3.63, 3.8) is 0 Å². The zero-order valence-corrected chi connectivity index (χ0v) is 10.4. The number of carbonyl (C=O) groups is 1. The predicted molar refractivity (Wildman–Crippen MR) is 64.3 cm³/mol. The van der Waals surface area contributed by atoms with Gasteiger partial charge in [-0.3, -0.25) is 4.79 Å². The van der Waals surface area contributed by atoms with E-state index in [4.69, 9.17) is 0 Å². The van der Waals surface area contributed by atoms with Crippen LogP contribution in [0.1, 0.15) is 25.7 Å². The lowest BCUT2D eigenvalue weighted by molar-refractivity contribution is -0.135. The van der Waals surface area contributed by atoms with Crippen LogP contribution in [0.2, 0.25) is 0 Å². The van der Waals surface area contributed by atoms with E-state index in [-0.39, 0.29) is 6.04 Å². The van der Waals surface area contributed by atoms with Crippen LogP contribution in [0.25, 0.3) is 0 Å². The Bertz CT molecular complexity index is 249. The molecule has 1 N–H and O–H groups in total. The first-order valence-corrected chi connectivity index (χ1v) is 6.37. The zero-order chi connectivity index (χ0) is 11.5. The summed E-state index contributed by atoms with van der Waals surface area (Å²) < 4.78 is 0. The number of nitrogens with one attached hydrogen (secondary N) is 1. The van der Waals surface area contributed by atoms with Gasteiger partial charge < -0.3 is 15.1 Å². The zero-order valence-electron chi connectivity index (χ0n) is 10.4. The number of hydrogen-bond acceptors (Lipinski definition) is 3. The van der Waals surface area contributed by atoms with Crippen molar-refractivity contribution in [1.29, 1.82) is 0 Å². The molecule has 2 fully saturated rings. The van der Waals surface area contributed by atoms with Crippen LogP contribution in [-0.2, 0) is 4.79 Å². The van der Waals surface area contributed by atoms with E-state index in [1.165, 1.54) is 6.42 Å². The summed E-state index contributed by atoms with van der Waals surface area (Å²) in [7, 11) is 4.21. The molecule has 2 saturated heterocycles. The first kappa shape index (κ1) is 11.9. The first-order valence-electron chi connectivity index (χ1n) is 6.37. The Kier molecular flexibility index (Phi) is 3.82. The third-order valence-corrected chi connectivity index (χ3v) is 3.80. The second kappa shape index (κ2) is 5.15. The average Bonchev–Trinajstić information content (AvgIpc) is 2.81.